The summed E-state index contributed by atoms with van der Waals surface area (Å²) in [6, 6.07) is 10.8. The van der Waals surface area contributed by atoms with E-state index >= 15 is 0 Å². The number of ether oxygens (including phenoxy) is 1. The van der Waals surface area contributed by atoms with Crippen LogP contribution in [0, 0.1) is 12.7 Å². The highest BCUT2D eigenvalue weighted by atomic mass is 127. The van der Waals surface area contributed by atoms with E-state index in [1.165, 1.54) is 6.07 Å². The molecule has 166 valence electrons. The van der Waals surface area contributed by atoms with Gasteiger partial charge in [0.05, 0.1) is 25.8 Å². The van der Waals surface area contributed by atoms with Gasteiger partial charge in [0.2, 0.25) is 0 Å². The molecule has 1 aromatic heterocycles. The van der Waals surface area contributed by atoms with Crippen LogP contribution in [-0.2, 0) is 11.3 Å². The van der Waals surface area contributed by atoms with Crippen LogP contribution in [-0.4, -0.2) is 62.2 Å². The van der Waals surface area contributed by atoms with Crippen molar-refractivity contribution in [1.82, 2.24) is 15.1 Å². The third kappa shape index (κ3) is 6.95. The summed E-state index contributed by atoms with van der Waals surface area (Å²) in [6.45, 7) is 9.06. The molecule has 0 radical (unpaired) electrons. The number of rotatable bonds is 7. The number of nitrogens with one attached hydrogen (secondary N) is 1. The molecule has 0 saturated carbocycles. The van der Waals surface area contributed by atoms with Crippen LogP contribution in [0.1, 0.15) is 30.0 Å². The zero-order valence-electron chi connectivity index (χ0n) is 17.9. The second kappa shape index (κ2) is 12.3. The highest BCUT2D eigenvalue weighted by Crippen LogP contribution is 2.24. The Bertz CT molecular complexity index is 808. The van der Waals surface area contributed by atoms with Gasteiger partial charge in [-0.2, -0.15) is 0 Å². The van der Waals surface area contributed by atoms with Crippen LogP contribution in [0.3, 0.4) is 0 Å². The highest BCUT2D eigenvalue weighted by molar-refractivity contribution is 14.0. The molecule has 1 saturated heterocycles. The van der Waals surface area contributed by atoms with Crippen molar-refractivity contribution in [2.75, 3.05) is 46.4 Å². The summed E-state index contributed by atoms with van der Waals surface area (Å²) in [5.74, 6) is 2.39. The molecule has 2 heterocycles. The smallest absolute Gasteiger partial charge is 0.194 e. The molecule has 6 nitrogen and oxygen atoms in total. The Kier molecular flexibility index (Phi) is 10.1. The van der Waals surface area contributed by atoms with Crippen LogP contribution >= 0.6 is 24.0 Å². The fourth-order valence-corrected chi connectivity index (χ4v) is 3.53. The number of hydrogen-bond acceptors (Lipinski definition) is 4. The summed E-state index contributed by atoms with van der Waals surface area (Å²) >= 11 is 0. The van der Waals surface area contributed by atoms with Crippen LogP contribution in [0.4, 0.5) is 4.39 Å². The summed E-state index contributed by atoms with van der Waals surface area (Å²) in [4.78, 5) is 9.27. The molecule has 0 spiro atoms. The maximum Gasteiger partial charge on any atom is 0.194 e. The number of benzene rings is 1. The van der Waals surface area contributed by atoms with Crippen LogP contribution in [0.5, 0.6) is 0 Å². The first kappa shape index (κ1) is 24.6. The molecular weight excluding hydrogens is 498 g/mol. The molecule has 0 aliphatic carbocycles. The molecule has 1 fully saturated rings. The van der Waals surface area contributed by atoms with Gasteiger partial charge in [-0.3, -0.25) is 9.89 Å². The number of nitrogens with zero attached hydrogens (tertiary/aromatic N) is 3. The summed E-state index contributed by atoms with van der Waals surface area (Å²) in [6.07, 6.45) is 0. The number of morpholine rings is 1. The van der Waals surface area contributed by atoms with E-state index in [4.69, 9.17) is 14.1 Å². The first-order valence-electron chi connectivity index (χ1n) is 10.2. The average molecular weight is 530 g/mol. The number of aryl methyl sites for hydroxylation is 1. The van der Waals surface area contributed by atoms with Crippen LogP contribution in [0.25, 0.3) is 0 Å². The fraction of sp³-hybridized carbons (Fsp3) is 0.500. The topological polar surface area (TPSA) is 53.2 Å². The monoisotopic (exact) mass is 530 g/mol. The molecule has 1 aromatic carbocycles. The van der Waals surface area contributed by atoms with Gasteiger partial charge in [-0.05, 0) is 43.7 Å². The van der Waals surface area contributed by atoms with Crippen molar-refractivity contribution in [3.05, 3.63) is 59.3 Å². The Morgan fingerprint density at radius 1 is 1.27 bits per heavy atom. The third-order valence-electron chi connectivity index (χ3n) is 5.00. The molecule has 8 heteroatoms. The predicted molar refractivity (Wildman–Crippen MR) is 128 cm³/mol. The summed E-state index contributed by atoms with van der Waals surface area (Å²) in [7, 11) is 1.97. The maximum absolute atomic E-state index is 13.5. The minimum Gasteiger partial charge on any atom is -0.465 e. The standard InChI is InChI=1S/C22H31FN4O2.HI/c1-4-24-22(26(3)16-18-6-5-7-19(23)14-18)25-15-20(21-9-8-17(2)29-21)27-10-12-28-13-11-27;/h5-9,14,20H,4,10-13,15-16H2,1-3H3,(H,24,25);1H. The number of aliphatic imine (C=N–C) groups is 1. The Labute approximate surface area is 195 Å². The average Bonchev–Trinajstić information content (AvgIpc) is 3.14. The highest BCUT2D eigenvalue weighted by Gasteiger charge is 2.25. The van der Waals surface area contributed by atoms with E-state index in [1.54, 1.807) is 12.1 Å². The van der Waals surface area contributed by atoms with E-state index < -0.39 is 0 Å². The lowest BCUT2D eigenvalue weighted by molar-refractivity contribution is 0.0135. The van der Waals surface area contributed by atoms with Crippen LogP contribution in [0.15, 0.2) is 45.8 Å². The molecular formula is C22H32FIN4O2. The lowest BCUT2D eigenvalue weighted by Gasteiger charge is -2.33. The normalized spacial score (nSPS) is 16.1. The number of guanidine groups is 1. The van der Waals surface area contributed by atoms with E-state index in [0.29, 0.717) is 13.1 Å². The lowest BCUT2D eigenvalue weighted by atomic mass is 10.1. The van der Waals surface area contributed by atoms with E-state index in [-0.39, 0.29) is 35.8 Å². The van der Waals surface area contributed by atoms with Crippen LogP contribution < -0.4 is 5.32 Å². The Hall–Kier alpha value is -1.65. The molecule has 1 N–H and O–H groups in total. The van der Waals surface area contributed by atoms with Gasteiger partial charge in [0.1, 0.15) is 17.3 Å². The molecule has 2 aromatic rings. The van der Waals surface area contributed by atoms with Crippen molar-refractivity contribution in [3.8, 4) is 0 Å². The second-order valence-electron chi connectivity index (χ2n) is 7.29. The van der Waals surface area contributed by atoms with Crippen molar-refractivity contribution in [2.24, 2.45) is 4.99 Å². The van der Waals surface area contributed by atoms with Gasteiger partial charge in [0.15, 0.2) is 5.96 Å². The summed E-state index contributed by atoms with van der Waals surface area (Å²) in [5, 5.41) is 3.34. The molecule has 30 heavy (non-hydrogen) atoms. The van der Waals surface area contributed by atoms with E-state index in [2.05, 4.69) is 10.2 Å². The van der Waals surface area contributed by atoms with Crippen LogP contribution in [0.2, 0.25) is 0 Å². The first-order chi connectivity index (χ1) is 14.1. The zero-order valence-corrected chi connectivity index (χ0v) is 20.3. The first-order valence-corrected chi connectivity index (χ1v) is 10.2. The van der Waals surface area contributed by atoms with Crippen molar-refractivity contribution < 1.29 is 13.5 Å². The summed E-state index contributed by atoms with van der Waals surface area (Å²) < 4.78 is 25.0. The molecule has 1 unspecified atom stereocenters. The Balaban J connectivity index is 0.00000320. The van der Waals surface area contributed by atoms with Gasteiger partial charge >= 0.3 is 0 Å². The number of halogens is 2. The van der Waals surface area contributed by atoms with E-state index in [9.17, 15) is 4.39 Å². The predicted octanol–water partition coefficient (Wildman–Crippen LogP) is 3.82. The molecule has 0 bridgehead atoms. The molecule has 3 rings (SSSR count). The molecule has 0 amide bonds. The van der Waals surface area contributed by atoms with E-state index in [1.807, 2.05) is 44.0 Å². The van der Waals surface area contributed by atoms with Gasteiger partial charge < -0.3 is 19.4 Å². The molecule has 1 aliphatic rings. The second-order valence-corrected chi connectivity index (χ2v) is 7.29. The van der Waals surface area contributed by atoms with Crippen molar-refractivity contribution in [2.45, 2.75) is 26.4 Å². The van der Waals surface area contributed by atoms with Gasteiger partial charge in [-0.1, -0.05) is 12.1 Å². The van der Waals surface area contributed by atoms with Gasteiger partial charge in [0.25, 0.3) is 0 Å². The SMILES string of the molecule is CCNC(=NCC(c1ccc(C)o1)N1CCOCC1)N(C)Cc1cccc(F)c1.I. The van der Waals surface area contributed by atoms with Crippen molar-refractivity contribution >= 4 is 29.9 Å². The lowest BCUT2D eigenvalue weighted by Crippen LogP contribution is -2.42. The minimum absolute atomic E-state index is 0. The van der Waals surface area contributed by atoms with Gasteiger partial charge in [-0.25, -0.2) is 4.39 Å². The third-order valence-corrected chi connectivity index (χ3v) is 5.00. The van der Waals surface area contributed by atoms with E-state index in [0.717, 1.165) is 55.9 Å². The quantitative estimate of drug-likeness (QED) is 0.335. The zero-order chi connectivity index (χ0) is 20.6. The van der Waals surface area contributed by atoms with Gasteiger partial charge in [0, 0.05) is 33.2 Å². The van der Waals surface area contributed by atoms with Crippen molar-refractivity contribution in [3.63, 3.8) is 0 Å². The van der Waals surface area contributed by atoms with Crippen molar-refractivity contribution in [1.29, 1.82) is 0 Å². The minimum atomic E-state index is -0.224. The summed E-state index contributed by atoms with van der Waals surface area (Å²) in [5.41, 5.74) is 0.907. The largest absolute Gasteiger partial charge is 0.465 e. The fourth-order valence-electron chi connectivity index (χ4n) is 3.53. The number of furan rings is 1. The Morgan fingerprint density at radius 3 is 2.67 bits per heavy atom. The maximum atomic E-state index is 13.5. The number of hydrogen-bond donors (Lipinski definition) is 1. The van der Waals surface area contributed by atoms with Gasteiger partial charge in [-0.15, -0.1) is 24.0 Å². The molecule has 1 atom stereocenters. The molecule has 1 aliphatic heterocycles. The Morgan fingerprint density at radius 2 is 2.03 bits per heavy atom.